The monoisotopic (exact) mass is 497 g/mol. The first kappa shape index (κ1) is 27.0. The van der Waals surface area contributed by atoms with E-state index in [4.69, 9.17) is 14.2 Å². The zero-order valence-electron chi connectivity index (χ0n) is 21.7. The maximum absolute atomic E-state index is 13.3. The maximum Gasteiger partial charge on any atom is 0.257 e. The fourth-order valence-electron chi connectivity index (χ4n) is 4.26. The van der Waals surface area contributed by atoms with E-state index >= 15 is 0 Å². The smallest absolute Gasteiger partial charge is 0.257 e. The van der Waals surface area contributed by atoms with Crippen LogP contribution in [0.4, 0.5) is 5.69 Å². The van der Waals surface area contributed by atoms with Crippen molar-refractivity contribution in [3.8, 4) is 11.5 Å². The van der Waals surface area contributed by atoms with Gasteiger partial charge in [0.1, 0.15) is 18.1 Å². The Morgan fingerprint density at radius 1 is 1.08 bits per heavy atom. The topological polar surface area (TPSA) is 97.4 Å². The second-order valence-corrected chi connectivity index (χ2v) is 9.17. The summed E-state index contributed by atoms with van der Waals surface area (Å²) in [6.07, 6.45) is -0.252. The highest BCUT2D eigenvalue weighted by molar-refractivity contribution is 6.05. The zero-order chi connectivity index (χ0) is 26.4. The average molecular weight is 498 g/mol. The first-order chi connectivity index (χ1) is 17.1. The Balaban J connectivity index is 1.93. The number of fused-ring (bicyclic) bond motifs is 1. The van der Waals surface area contributed by atoms with Gasteiger partial charge in [0, 0.05) is 57.4 Å². The molecule has 0 bridgehead atoms. The predicted octanol–water partition coefficient (Wildman–Crippen LogP) is 3.30. The number of ether oxygens (including phenoxy) is 3. The minimum Gasteiger partial charge on any atom is -0.497 e. The third-order valence-corrected chi connectivity index (χ3v) is 6.44. The molecule has 1 N–H and O–H groups in total. The van der Waals surface area contributed by atoms with Crippen molar-refractivity contribution in [2.75, 3.05) is 46.3 Å². The Hall–Kier alpha value is -3.59. The largest absolute Gasteiger partial charge is 0.497 e. The van der Waals surface area contributed by atoms with Gasteiger partial charge in [0.15, 0.2) is 0 Å². The van der Waals surface area contributed by atoms with Gasteiger partial charge in [0.25, 0.3) is 11.8 Å². The van der Waals surface area contributed by atoms with Crippen molar-refractivity contribution in [2.24, 2.45) is 5.92 Å². The molecule has 0 radical (unpaired) electrons. The number of hydrogen-bond donors (Lipinski definition) is 1. The number of nitrogens with one attached hydrogen (secondary N) is 1. The summed E-state index contributed by atoms with van der Waals surface area (Å²) in [7, 11) is 4.86. The molecule has 0 unspecified atom stereocenters. The first-order valence-electron chi connectivity index (χ1n) is 11.9. The first-order valence-corrected chi connectivity index (χ1v) is 11.9. The minimum atomic E-state index is -0.321. The summed E-state index contributed by atoms with van der Waals surface area (Å²) in [5, 5.41) is 2.85. The van der Waals surface area contributed by atoms with E-state index in [-0.39, 0.29) is 42.4 Å². The van der Waals surface area contributed by atoms with Crippen LogP contribution in [0.2, 0.25) is 0 Å². The molecule has 0 spiro atoms. The lowest BCUT2D eigenvalue weighted by Gasteiger charge is -2.35. The summed E-state index contributed by atoms with van der Waals surface area (Å²) >= 11 is 0. The number of carbonyl (C=O) groups excluding carboxylic acids is 3. The lowest BCUT2D eigenvalue weighted by molar-refractivity contribution is -0.133. The van der Waals surface area contributed by atoms with E-state index in [1.54, 1.807) is 66.4 Å². The molecule has 3 atom stereocenters. The second kappa shape index (κ2) is 11.9. The normalized spacial score (nSPS) is 20.9. The van der Waals surface area contributed by atoms with Crippen molar-refractivity contribution in [2.45, 2.75) is 32.9 Å². The molecular formula is C27H35N3O6. The Labute approximate surface area is 212 Å². The van der Waals surface area contributed by atoms with Gasteiger partial charge in [0.2, 0.25) is 5.91 Å². The van der Waals surface area contributed by atoms with E-state index in [9.17, 15) is 14.4 Å². The van der Waals surface area contributed by atoms with Crippen LogP contribution in [-0.2, 0) is 9.53 Å². The number of rotatable bonds is 4. The lowest BCUT2D eigenvalue weighted by atomic mass is 10.0. The maximum atomic E-state index is 13.3. The van der Waals surface area contributed by atoms with E-state index in [1.165, 1.54) is 14.0 Å². The third kappa shape index (κ3) is 6.34. The number of hydrogen-bond acceptors (Lipinski definition) is 6. The second-order valence-electron chi connectivity index (χ2n) is 9.17. The summed E-state index contributed by atoms with van der Waals surface area (Å²) in [5.74, 6) is 0.302. The van der Waals surface area contributed by atoms with Gasteiger partial charge >= 0.3 is 0 Å². The molecular weight excluding hydrogens is 462 g/mol. The summed E-state index contributed by atoms with van der Waals surface area (Å²) in [5.41, 5.74) is 1.27. The van der Waals surface area contributed by atoms with Gasteiger partial charge < -0.3 is 29.3 Å². The molecule has 3 rings (SSSR count). The Kier molecular flexibility index (Phi) is 8.93. The van der Waals surface area contributed by atoms with Crippen LogP contribution < -0.4 is 14.8 Å². The summed E-state index contributed by atoms with van der Waals surface area (Å²) in [6, 6.07) is 11.5. The van der Waals surface area contributed by atoms with Crippen LogP contribution in [0.3, 0.4) is 0 Å². The van der Waals surface area contributed by atoms with Gasteiger partial charge in [-0.05, 0) is 37.3 Å². The van der Waals surface area contributed by atoms with Gasteiger partial charge in [-0.1, -0.05) is 13.0 Å². The van der Waals surface area contributed by atoms with E-state index in [0.29, 0.717) is 41.4 Å². The van der Waals surface area contributed by atoms with Gasteiger partial charge in [-0.2, -0.15) is 0 Å². The summed E-state index contributed by atoms with van der Waals surface area (Å²) < 4.78 is 17.0. The summed E-state index contributed by atoms with van der Waals surface area (Å²) in [6.45, 7) is 6.46. The molecule has 0 fully saturated rings. The highest BCUT2D eigenvalue weighted by Gasteiger charge is 2.29. The van der Waals surface area contributed by atoms with Crippen molar-refractivity contribution in [3.05, 3.63) is 53.6 Å². The number of amides is 3. The quantitative estimate of drug-likeness (QED) is 0.696. The molecule has 194 valence electrons. The fourth-order valence-corrected chi connectivity index (χ4v) is 4.26. The SMILES string of the molecule is COc1cccc(C(=O)Nc2ccc3c(c2)OC[C@H](C)N(C(C)=O)C[C@H](C)[C@@H](OC)CN(C)C3=O)c1. The Morgan fingerprint density at radius 2 is 1.83 bits per heavy atom. The molecule has 1 aliphatic heterocycles. The van der Waals surface area contributed by atoms with Crippen LogP contribution in [0.1, 0.15) is 41.5 Å². The van der Waals surface area contributed by atoms with E-state index in [0.717, 1.165) is 0 Å². The van der Waals surface area contributed by atoms with E-state index < -0.39 is 0 Å². The number of benzene rings is 2. The molecule has 2 aromatic rings. The van der Waals surface area contributed by atoms with Gasteiger partial charge in [0.05, 0.1) is 24.8 Å². The Bertz CT molecular complexity index is 1100. The van der Waals surface area contributed by atoms with Gasteiger partial charge in [-0.25, -0.2) is 0 Å². The van der Waals surface area contributed by atoms with Crippen LogP contribution in [0.25, 0.3) is 0 Å². The van der Waals surface area contributed by atoms with Crippen LogP contribution in [0.5, 0.6) is 11.5 Å². The standard InChI is InChI=1S/C27H35N3O6/c1-17-14-30(19(3)31)18(2)16-36-24-13-21(28-26(32)20-8-7-9-22(12-20)34-5)10-11-23(24)27(33)29(4)15-25(17)35-6/h7-13,17-18,25H,14-16H2,1-6H3,(H,28,32)/t17-,18-,25-/m0/s1. The van der Waals surface area contributed by atoms with Crippen LogP contribution >= 0.6 is 0 Å². The molecule has 36 heavy (non-hydrogen) atoms. The van der Waals surface area contributed by atoms with Crippen molar-refractivity contribution < 1.29 is 28.6 Å². The van der Waals surface area contributed by atoms with Crippen LogP contribution in [-0.4, -0.2) is 80.6 Å². The lowest BCUT2D eigenvalue weighted by Crippen LogP contribution is -2.48. The fraction of sp³-hybridized carbons (Fsp3) is 0.444. The predicted molar refractivity (Wildman–Crippen MR) is 137 cm³/mol. The molecule has 1 heterocycles. The number of methoxy groups -OCH3 is 2. The summed E-state index contributed by atoms with van der Waals surface area (Å²) in [4.78, 5) is 41.9. The molecule has 1 aliphatic rings. The van der Waals surface area contributed by atoms with E-state index in [1.807, 2.05) is 13.8 Å². The van der Waals surface area contributed by atoms with Crippen molar-refractivity contribution in [3.63, 3.8) is 0 Å². The third-order valence-electron chi connectivity index (χ3n) is 6.44. The number of nitrogens with zero attached hydrogens (tertiary/aromatic N) is 2. The van der Waals surface area contributed by atoms with Crippen molar-refractivity contribution in [1.82, 2.24) is 9.80 Å². The molecule has 2 aromatic carbocycles. The number of likely N-dealkylation sites (N-methyl/N-ethyl adjacent to an activating group) is 1. The highest BCUT2D eigenvalue weighted by Crippen LogP contribution is 2.27. The molecule has 9 heteroatoms. The molecule has 9 nitrogen and oxygen atoms in total. The van der Waals surface area contributed by atoms with E-state index in [2.05, 4.69) is 5.32 Å². The highest BCUT2D eigenvalue weighted by atomic mass is 16.5. The number of carbonyl (C=O) groups is 3. The van der Waals surface area contributed by atoms with Crippen LogP contribution in [0.15, 0.2) is 42.5 Å². The zero-order valence-corrected chi connectivity index (χ0v) is 21.7. The molecule has 0 saturated carbocycles. The van der Waals surface area contributed by atoms with Crippen molar-refractivity contribution in [1.29, 1.82) is 0 Å². The number of anilines is 1. The molecule has 0 saturated heterocycles. The Morgan fingerprint density at radius 3 is 2.50 bits per heavy atom. The molecule has 0 aromatic heterocycles. The van der Waals surface area contributed by atoms with Crippen LogP contribution in [0, 0.1) is 5.92 Å². The molecule has 0 aliphatic carbocycles. The average Bonchev–Trinajstić information content (AvgIpc) is 2.87. The van der Waals surface area contributed by atoms with Crippen molar-refractivity contribution >= 4 is 23.4 Å². The van der Waals surface area contributed by atoms with Gasteiger partial charge in [-0.15, -0.1) is 0 Å². The van der Waals surface area contributed by atoms with Gasteiger partial charge in [-0.3, -0.25) is 14.4 Å². The molecule has 3 amide bonds. The minimum absolute atomic E-state index is 0.00435.